The molecule has 0 saturated heterocycles. The number of carbonyl (C=O) groups excluding carboxylic acids is 1. The third kappa shape index (κ3) is 3.89. The molecule has 1 amide bonds. The maximum Gasteiger partial charge on any atom is 0.244 e. The van der Waals surface area contributed by atoms with Crippen molar-refractivity contribution in [1.82, 2.24) is 5.32 Å². The number of rotatable bonds is 4. The van der Waals surface area contributed by atoms with Crippen molar-refractivity contribution in [2.75, 3.05) is 0 Å². The van der Waals surface area contributed by atoms with Gasteiger partial charge in [-0.15, -0.1) is 0 Å². The number of thiophene rings is 1. The Kier molecular flexibility index (Phi) is 4.11. The highest BCUT2D eigenvalue weighted by molar-refractivity contribution is 7.08. The molecule has 0 radical (unpaired) electrons. The van der Waals surface area contributed by atoms with Crippen LogP contribution >= 0.6 is 11.3 Å². The molecule has 0 saturated carbocycles. The molecule has 1 heterocycles. The van der Waals surface area contributed by atoms with Gasteiger partial charge in [0.2, 0.25) is 5.91 Å². The van der Waals surface area contributed by atoms with Gasteiger partial charge in [0.1, 0.15) is 0 Å². The third-order valence-corrected chi connectivity index (χ3v) is 2.98. The highest BCUT2D eigenvalue weighted by Gasteiger charge is 1.95. The van der Waals surface area contributed by atoms with E-state index < -0.39 is 0 Å². The van der Waals surface area contributed by atoms with Gasteiger partial charge in [-0.1, -0.05) is 30.3 Å². The summed E-state index contributed by atoms with van der Waals surface area (Å²) in [5.41, 5.74) is 2.16. The molecule has 2 aromatic rings. The zero-order valence-electron chi connectivity index (χ0n) is 9.30. The van der Waals surface area contributed by atoms with E-state index >= 15 is 0 Å². The summed E-state index contributed by atoms with van der Waals surface area (Å²) in [6.07, 6.45) is 3.38. The lowest BCUT2D eigenvalue weighted by Crippen LogP contribution is -2.20. The van der Waals surface area contributed by atoms with Crippen LogP contribution in [0.5, 0.6) is 0 Å². The predicted molar refractivity (Wildman–Crippen MR) is 71.6 cm³/mol. The van der Waals surface area contributed by atoms with Gasteiger partial charge in [-0.3, -0.25) is 4.79 Å². The monoisotopic (exact) mass is 243 g/mol. The molecule has 0 fully saturated rings. The second-order valence-electron chi connectivity index (χ2n) is 3.59. The van der Waals surface area contributed by atoms with E-state index in [0.29, 0.717) is 6.54 Å². The fourth-order valence-electron chi connectivity index (χ4n) is 1.39. The van der Waals surface area contributed by atoms with Gasteiger partial charge in [-0.2, -0.15) is 11.3 Å². The normalized spacial score (nSPS) is 10.6. The summed E-state index contributed by atoms with van der Waals surface area (Å²) in [5.74, 6) is -0.0694. The Morgan fingerprint density at radius 2 is 2.06 bits per heavy atom. The van der Waals surface area contributed by atoms with Crippen molar-refractivity contribution >= 4 is 23.3 Å². The zero-order chi connectivity index (χ0) is 11.9. The first kappa shape index (κ1) is 11.6. The maximum absolute atomic E-state index is 11.5. The van der Waals surface area contributed by atoms with Gasteiger partial charge < -0.3 is 5.32 Å². The van der Waals surface area contributed by atoms with E-state index in [9.17, 15) is 4.79 Å². The number of hydrogen-bond donors (Lipinski definition) is 1. The molecule has 1 aromatic heterocycles. The number of nitrogens with one attached hydrogen (secondary N) is 1. The quantitative estimate of drug-likeness (QED) is 0.821. The van der Waals surface area contributed by atoms with Gasteiger partial charge in [0.05, 0.1) is 0 Å². The second-order valence-corrected chi connectivity index (χ2v) is 4.37. The van der Waals surface area contributed by atoms with Gasteiger partial charge in [0.15, 0.2) is 0 Å². The first-order valence-electron chi connectivity index (χ1n) is 5.36. The Hall–Kier alpha value is -1.87. The Bertz CT molecular complexity index is 488. The molecule has 17 heavy (non-hydrogen) atoms. The van der Waals surface area contributed by atoms with E-state index in [1.54, 1.807) is 17.4 Å². The molecular weight excluding hydrogens is 230 g/mol. The zero-order valence-corrected chi connectivity index (χ0v) is 10.1. The molecule has 0 atom stereocenters. The lowest BCUT2D eigenvalue weighted by Gasteiger charge is -2.01. The highest BCUT2D eigenvalue weighted by Crippen LogP contribution is 2.07. The summed E-state index contributed by atoms with van der Waals surface area (Å²) in [6, 6.07) is 11.8. The van der Waals surface area contributed by atoms with Gasteiger partial charge in [0, 0.05) is 12.6 Å². The standard InChI is InChI=1S/C14H13NOS/c16-14(7-6-13-8-9-17-11-13)15-10-12-4-2-1-3-5-12/h1-9,11H,10H2,(H,15,16)/b7-6-. The van der Waals surface area contributed by atoms with Crippen LogP contribution in [0.15, 0.2) is 53.2 Å². The highest BCUT2D eigenvalue weighted by atomic mass is 32.1. The first-order chi connectivity index (χ1) is 8.34. The van der Waals surface area contributed by atoms with Crippen LogP contribution in [0.25, 0.3) is 6.08 Å². The van der Waals surface area contributed by atoms with Crippen LogP contribution in [0.1, 0.15) is 11.1 Å². The van der Waals surface area contributed by atoms with Crippen LogP contribution in [0.4, 0.5) is 0 Å². The molecule has 0 aliphatic rings. The number of hydrogen-bond acceptors (Lipinski definition) is 2. The number of amides is 1. The van der Waals surface area contributed by atoms with Crippen molar-refractivity contribution in [1.29, 1.82) is 0 Å². The Balaban J connectivity index is 1.82. The molecule has 1 aromatic carbocycles. The van der Waals surface area contributed by atoms with Crippen LogP contribution in [0.3, 0.4) is 0 Å². The van der Waals surface area contributed by atoms with Crippen LogP contribution in [0, 0.1) is 0 Å². The van der Waals surface area contributed by atoms with E-state index in [1.807, 2.05) is 53.2 Å². The second kappa shape index (κ2) is 6.01. The molecule has 0 aliphatic heterocycles. The van der Waals surface area contributed by atoms with Crippen LogP contribution in [-0.4, -0.2) is 5.91 Å². The van der Waals surface area contributed by atoms with E-state index in [0.717, 1.165) is 11.1 Å². The first-order valence-corrected chi connectivity index (χ1v) is 6.31. The SMILES string of the molecule is O=C(/C=C\c1ccsc1)NCc1ccccc1. The van der Waals surface area contributed by atoms with E-state index in [1.165, 1.54) is 0 Å². The fourth-order valence-corrected chi connectivity index (χ4v) is 2.01. The van der Waals surface area contributed by atoms with Crippen LogP contribution < -0.4 is 5.32 Å². The van der Waals surface area contributed by atoms with Crippen molar-refractivity contribution in [3.63, 3.8) is 0 Å². The smallest absolute Gasteiger partial charge is 0.244 e. The molecule has 2 nitrogen and oxygen atoms in total. The molecule has 2 rings (SSSR count). The van der Waals surface area contributed by atoms with Crippen molar-refractivity contribution in [3.05, 3.63) is 64.4 Å². The molecule has 0 aliphatic carbocycles. The average molecular weight is 243 g/mol. The van der Waals surface area contributed by atoms with E-state index in [2.05, 4.69) is 5.32 Å². The minimum Gasteiger partial charge on any atom is -0.348 e. The molecule has 86 valence electrons. The minimum atomic E-state index is -0.0694. The van der Waals surface area contributed by atoms with Gasteiger partial charge in [0.25, 0.3) is 0 Å². The summed E-state index contributed by atoms with van der Waals surface area (Å²) in [4.78, 5) is 11.5. The molecule has 0 bridgehead atoms. The predicted octanol–water partition coefficient (Wildman–Crippen LogP) is 3.08. The Morgan fingerprint density at radius 3 is 2.76 bits per heavy atom. The van der Waals surface area contributed by atoms with Crippen molar-refractivity contribution in [2.24, 2.45) is 0 Å². The lowest BCUT2D eigenvalue weighted by atomic mass is 10.2. The molecule has 0 spiro atoms. The number of benzene rings is 1. The van der Waals surface area contributed by atoms with E-state index in [-0.39, 0.29) is 5.91 Å². The Labute approximate surface area is 105 Å². The van der Waals surface area contributed by atoms with E-state index in [4.69, 9.17) is 0 Å². The molecule has 1 N–H and O–H groups in total. The lowest BCUT2D eigenvalue weighted by molar-refractivity contribution is -0.116. The average Bonchev–Trinajstić information content (AvgIpc) is 2.88. The third-order valence-electron chi connectivity index (χ3n) is 2.28. The van der Waals surface area contributed by atoms with Crippen molar-refractivity contribution < 1.29 is 4.79 Å². The molecular formula is C14H13NOS. The summed E-state index contributed by atoms with van der Waals surface area (Å²) >= 11 is 1.62. The van der Waals surface area contributed by atoms with Gasteiger partial charge in [-0.25, -0.2) is 0 Å². The summed E-state index contributed by atoms with van der Waals surface area (Å²) in [5, 5.41) is 6.83. The fraction of sp³-hybridized carbons (Fsp3) is 0.0714. The minimum absolute atomic E-state index is 0.0694. The van der Waals surface area contributed by atoms with Gasteiger partial charge >= 0.3 is 0 Å². The van der Waals surface area contributed by atoms with Crippen molar-refractivity contribution in [2.45, 2.75) is 6.54 Å². The molecule has 0 unspecified atom stereocenters. The van der Waals surface area contributed by atoms with Crippen LogP contribution in [-0.2, 0) is 11.3 Å². The largest absolute Gasteiger partial charge is 0.348 e. The van der Waals surface area contributed by atoms with Crippen molar-refractivity contribution in [3.8, 4) is 0 Å². The summed E-state index contributed by atoms with van der Waals surface area (Å²) in [7, 11) is 0. The summed E-state index contributed by atoms with van der Waals surface area (Å²) in [6.45, 7) is 0.563. The maximum atomic E-state index is 11.5. The number of carbonyl (C=O) groups is 1. The Morgan fingerprint density at radius 1 is 1.24 bits per heavy atom. The molecule has 3 heteroatoms. The van der Waals surface area contributed by atoms with Gasteiger partial charge in [-0.05, 0) is 34.0 Å². The topological polar surface area (TPSA) is 29.1 Å². The van der Waals surface area contributed by atoms with Crippen LogP contribution in [0.2, 0.25) is 0 Å². The summed E-state index contributed by atoms with van der Waals surface area (Å²) < 4.78 is 0.